The third-order valence-electron chi connectivity index (χ3n) is 3.88. The Hall–Kier alpha value is -1.06. The second-order valence-electron chi connectivity index (χ2n) is 5.63. The SMILES string of the molecule is CC1CCCC(N)(C(=O)NCc2ccccc2Cl)C1. The van der Waals surface area contributed by atoms with Crippen molar-refractivity contribution in [2.75, 3.05) is 0 Å². The van der Waals surface area contributed by atoms with Gasteiger partial charge in [0.2, 0.25) is 5.91 Å². The van der Waals surface area contributed by atoms with Crippen molar-refractivity contribution in [1.82, 2.24) is 5.32 Å². The smallest absolute Gasteiger partial charge is 0.240 e. The normalized spacial score (nSPS) is 27.0. The molecule has 3 nitrogen and oxygen atoms in total. The molecule has 3 N–H and O–H groups in total. The van der Waals surface area contributed by atoms with Crippen LogP contribution in [0.25, 0.3) is 0 Å². The summed E-state index contributed by atoms with van der Waals surface area (Å²) in [5, 5.41) is 3.59. The third-order valence-corrected chi connectivity index (χ3v) is 4.25. The molecule has 4 heteroatoms. The number of carbonyl (C=O) groups is 1. The van der Waals surface area contributed by atoms with Gasteiger partial charge in [-0.1, -0.05) is 49.6 Å². The van der Waals surface area contributed by atoms with Gasteiger partial charge in [0.25, 0.3) is 0 Å². The molecule has 1 fully saturated rings. The summed E-state index contributed by atoms with van der Waals surface area (Å²) in [7, 11) is 0. The standard InChI is InChI=1S/C15H21ClN2O/c1-11-5-4-8-15(17,9-11)14(19)18-10-12-6-2-3-7-13(12)16/h2-3,6-7,11H,4-5,8-10,17H2,1H3,(H,18,19). The minimum Gasteiger partial charge on any atom is -0.350 e. The molecule has 1 aromatic carbocycles. The number of amides is 1. The molecule has 0 bridgehead atoms. The van der Waals surface area contributed by atoms with Crippen molar-refractivity contribution >= 4 is 17.5 Å². The fourth-order valence-electron chi connectivity index (χ4n) is 2.79. The van der Waals surface area contributed by atoms with Crippen LogP contribution in [0.5, 0.6) is 0 Å². The van der Waals surface area contributed by atoms with Crippen LogP contribution in [0.1, 0.15) is 38.2 Å². The van der Waals surface area contributed by atoms with E-state index in [4.69, 9.17) is 17.3 Å². The van der Waals surface area contributed by atoms with Crippen LogP contribution in [0.3, 0.4) is 0 Å². The first-order valence-corrected chi connectivity index (χ1v) is 7.20. The highest BCUT2D eigenvalue weighted by atomic mass is 35.5. The summed E-state index contributed by atoms with van der Waals surface area (Å²) in [6.45, 7) is 2.59. The molecule has 1 aromatic rings. The highest BCUT2D eigenvalue weighted by molar-refractivity contribution is 6.31. The molecule has 1 amide bonds. The van der Waals surface area contributed by atoms with Crippen LogP contribution in [-0.4, -0.2) is 11.4 Å². The molecule has 0 saturated heterocycles. The van der Waals surface area contributed by atoms with Crippen LogP contribution in [0, 0.1) is 5.92 Å². The van der Waals surface area contributed by atoms with Crippen molar-refractivity contribution in [2.24, 2.45) is 11.7 Å². The number of nitrogens with one attached hydrogen (secondary N) is 1. The first-order chi connectivity index (χ1) is 9.01. The second-order valence-corrected chi connectivity index (χ2v) is 6.04. The summed E-state index contributed by atoms with van der Waals surface area (Å²) in [6.07, 6.45) is 3.72. The second kappa shape index (κ2) is 5.93. The number of halogens is 1. The van der Waals surface area contributed by atoms with Crippen molar-refractivity contribution in [3.8, 4) is 0 Å². The molecule has 1 saturated carbocycles. The Bertz CT molecular complexity index is 463. The van der Waals surface area contributed by atoms with Crippen molar-refractivity contribution in [2.45, 2.75) is 44.7 Å². The third kappa shape index (κ3) is 3.48. The van der Waals surface area contributed by atoms with E-state index in [9.17, 15) is 4.79 Å². The molecule has 2 atom stereocenters. The topological polar surface area (TPSA) is 55.1 Å². The molecule has 2 unspecified atom stereocenters. The Kier molecular flexibility index (Phi) is 4.48. The van der Waals surface area contributed by atoms with Crippen LogP contribution < -0.4 is 11.1 Å². The van der Waals surface area contributed by atoms with E-state index in [0.717, 1.165) is 31.2 Å². The highest BCUT2D eigenvalue weighted by Crippen LogP contribution is 2.30. The minimum atomic E-state index is -0.709. The van der Waals surface area contributed by atoms with Crippen LogP contribution >= 0.6 is 11.6 Å². The molecule has 19 heavy (non-hydrogen) atoms. The van der Waals surface area contributed by atoms with E-state index in [1.165, 1.54) is 0 Å². The van der Waals surface area contributed by atoms with Gasteiger partial charge < -0.3 is 11.1 Å². The summed E-state index contributed by atoms with van der Waals surface area (Å²) in [6, 6.07) is 7.52. The Morgan fingerprint density at radius 1 is 1.53 bits per heavy atom. The molecular weight excluding hydrogens is 260 g/mol. The molecule has 0 heterocycles. The zero-order chi connectivity index (χ0) is 13.9. The fourth-order valence-corrected chi connectivity index (χ4v) is 2.99. The van der Waals surface area contributed by atoms with E-state index in [-0.39, 0.29) is 5.91 Å². The highest BCUT2D eigenvalue weighted by Gasteiger charge is 2.37. The maximum Gasteiger partial charge on any atom is 0.240 e. The summed E-state index contributed by atoms with van der Waals surface area (Å²) >= 11 is 6.07. The summed E-state index contributed by atoms with van der Waals surface area (Å²) in [5.41, 5.74) is 6.46. The van der Waals surface area contributed by atoms with Gasteiger partial charge in [-0.3, -0.25) is 4.79 Å². The quantitative estimate of drug-likeness (QED) is 0.894. The van der Waals surface area contributed by atoms with Gasteiger partial charge in [0, 0.05) is 11.6 Å². The van der Waals surface area contributed by atoms with E-state index in [1.807, 2.05) is 24.3 Å². The number of hydrogen-bond acceptors (Lipinski definition) is 2. The molecule has 0 aromatic heterocycles. The Balaban J connectivity index is 1.96. The number of benzene rings is 1. The van der Waals surface area contributed by atoms with E-state index in [0.29, 0.717) is 17.5 Å². The molecule has 1 aliphatic carbocycles. The van der Waals surface area contributed by atoms with Crippen molar-refractivity contribution in [3.05, 3.63) is 34.9 Å². The van der Waals surface area contributed by atoms with E-state index >= 15 is 0 Å². The number of rotatable bonds is 3. The lowest BCUT2D eigenvalue weighted by molar-refractivity contribution is -0.128. The largest absolute Gasteiger partial charge is 0.350 e. The first kappa shape index (κ1) is 14.4. The van der Waals surface area contributed by atoms with Gasteiger partial charge in [0.05, 0.1) is 5.54 Å². The summed E-state index contributed by atoms with van der Waals surface area (Å²) in [4.78, 5) is 12.3. The number of hydrogen-bond donors (Lipinski definition) is 2. The van der Waals surface area contributed by atoms with E-state index in [2.05, 4.69) is 12.2 Å². The van der Waals surface area contributed by atoms with Crippen molar-refractivity contribution < 1.29 is 4.79 Å². The van der Waals surface area contributed by atoms with Crippen LogP contribution in [0.15, 0.2) is 24.3 Å². The summed E-state index contributed by atoms with van der Waals surface area (Å²) < 4.78 is 0. The number of carbonyl (C=O) groups excluding carboxylic acids is 1. The molecule has 104 valence electrons. The lowest BCUT2D eigenvalue weighted by Crippen LogP contribution is -2.56. The Morgan fingerprint density at radius 2 is 2.26 bits per heavy atom. The predicted molar refractivity (Wildman–Crippen MR) is 77.8 cm³/mol. The van der Waals surface area contributed by atoms with Crippen molar-refractivity contribution in [3.63, 3.8) is 0 Å². The minimum absolute atomic E-state index is 0.0565. The van der Waals surface area contributed by atoms with E-state index in [1.54, 1.807) is 0 Å². The number of nitrogens with two attached hydrogens (primary N) is 1. The van der Waals surface area contributed by atoms with Gasteiger partial charge in [0.15, 0.2) is 0 Å². The van der Waals surface area contributed by atoms with Gasteiger partial charge >= 0.3 is 0 Å². The Labute approximate surface area is 119 Å². The van der Waals surface area contributed by atoms with Gasteiger partial charge in [-0.05, 0) is 30.4 Å². The molecule has 1 aliphatic rings. The maximum absolute atomic E-state index is 12.3. The first-order valence-electron chi connectivity index (χ1n) is 6.82. The van der Waals surface area contributed by atoms with Gasteiger partial charge in [-0.2, -0.15) is 0 Å². The lowest BCUT2D eigenvalue weighted by atomic mass is 9.76. The van der Waals surface area contributed by atoms with Crippen LogP contribution in [0.4, 0.5) is 0 Å². The average molecular weight is 281 g/mol. The van der Waals surface area contributed by atoms with Gasteiger partial charge in [0.1, 0.15) is 0 Å². The zero-order valence-corrected chi connectivity index (χ0v) is 12.0. The molecule has 0 aliphatic heterocycles. The fraction of sp³-hybridized carbons (Fsp3) is 0.533. The van der Waals surface area contributed by atoms with E-state index < -0.39 is 5.54 Å². The van der Waals surface area contributed by atoms with Crippen molar-refractivity contribution in [1.29, 1.82) is 0 Å². The van der Waals surface area contributed by atoms with Crippen LogP contribution in [-0.2, 0) is 11.3 Å². The van der Waals surface area contributed by atoms with Gasteiger partial charge in [-0.25, -0.2) is 0 Å². The Morgan fingerprint density at radius 3 is 2.95 bits per heavy atom. The molecule has 0 radical (unpaired) electrons. The monoisotopic (exact) mass is 280 g/mol. The van der Waals surface area contributed by atoms with Crippen LogP contribution in [0.2, 0.25) is 5.02 Å². The van der Waals surface area contributed by atoms with Gasteiger partial charge in [-0.15, -0.1) is 0 Å². The molecule has 2 rings (SSSR count). The zero-order valence-electron chi connectivity index (χ0n) is 11.3. The average Bonchev–Trinajstić information content (AvgIpc) is 2.37. The predicted octanol–water partition coefficient (Wildman–Crippen LogP) is 2.86. The lowest BCUT2D eigenvalue weighted by Gasteiger charge is -2.35. The summed E-state index contributed by atoms with van der Waals surface area (Å²) in [5.74, 6) is 0.462. The molecular formula is C15H21ClN2O. The molecule has 0 spiro atoms. The maximum atomic E-state index is 12.3.